The second-order valence-corrected chi connectivity index (χ2v) is 16.3. The third kappa shape index (κ3) is 10.2. The molecule has 224 valence electrons. The molecule has 2 saturated heterocycles. The minimum atomic E-state index is -2.43. The highest BCUT2D eigenvalue weighted by molar-refractivity contribution is 6.61. The minimum Gasteiger partial charge on any atom is -0.374 e. The molecule has 2 aliphatic heterocycles. The number of hydrogen-bond acceptors (Lipinski definition) is 8. The Hall–Kier alpha value is 0.114. The van der Waals surface area contributed by atoms with Gasteiger partial charge in [0.25, 0.3) is 0 Å². The second kappa shape index (κ2) is 16.5. The summed E-state index contributed by atoms with van der Waals surface area (Å²) in [4.78, 5) is 0. The topological polar surface area (TPSA) is 80.4 Å². The van der Waals surface area contributed by atoms with Gasteiger partial charge in [-0.15, -0.1) is 0 Å². The van der Waals surface area contributed by atoms with E-state index in [2.05, 4.69) is 0 Å². The van der Waals surface area contributed by atoms with Crippen molar-refractivity contribution < 1.29 is 36.0 Å². The Bertz CT molecular complexity index is 568. The molecule has 2 saturated carbocycles. The number of rotatable bonds is 18. The van der Waals surface area contributed by atoms with E-state index in [1.807, 2.05) is 41.5 Å². The van der Waals surface area contributed by atoms with Gasteiger partial charge < -0.3 is 36.0 Å². The van der Waals surface area contributed by atoms with Crippen molar-refractivity contribution in [1.82, 2.24) is 0 Å². The lowest BCUT2D eigenvalue weighted by molar-refractivity contribution is 0.0683. The fourth-order valence-corrected chi connectivity index (χ4v) is 11.8. The van der Waals surface area contributed by atoms with Gasteiger partial charge in [0.2, 0.25) is 0 Å². The Labute approximate surface area is 234 Å². The summed E-state index contributed by atoms with van der Waals surface area (Å²) in [5, 5.41) is 0. The van der Waals surface area contributed by atoms with Gasteiger partial charge in [0.15, 0.2) is 0 Å². The van der Waals surface area contributed by atoms with Crippen molar-refractivity contribution in [2.75, 3.05) is 39.6 Å². The molecule has 6 atom stereocenters. The number of hydrogen-bond donors (Lipinski definition) is 0. The van der Waals surface area contributed by atoms with Crippen LogP contribution in [0.2, 0.25) is 12.1 Å². The fraction of sp³-hybridized carbons (Fsp3) is 1.00. The molecule has 8 nitrogen and oxygen atoms in total. The van der Waals surface area contributed by atoms with E-state index >= 15 is 0 Å². The van der Waals surface area contributed by atoms with Crippen LogP contribution in [0.25, 0.3) is 0 Å². The van der Waals surface area contributed by atoms with Gasteiger partial charge in [-0.3, -0.25) is 0 Å². The van der Waals surface area contributed by atoms with Crippen LogP contribution in [0.4, 0.5) is 0 Å². The molecular formula is C28H56O8Si2. The normalized spacial score (nSPS) is 30.2. The standard InChI is InChI=1S/2C14H28O4Si/c2*1-4-15-19(16-5-2,17-6-3)10-9-12-7-8-13-14(11-12)18-13/h2*12-14H,4-11H2,1-3H3. The molecule has 2 heterocycles. The van der Waals surface area contributed by atoms with E-state index in [9.17, 15) is 0 Å². The molecule has 4 fully saturated rings. The number of ether oxygens (including phenoxy) is 2. The van der Waals surface area contributed by atoms with Crippen LogP contribution in [0.15, 0.2) is 0 Å². The minimum absolute atomic E-state index is 0.557. The van der Waals surface area contributed by atoms with Gasteiger partial charge in [0, 0.05) is 51.7 Å². The van der Waals surface area contributed by atoms with Crippen LogP contribution >= 0.6 is 0 Å². The molecule has 4 rings (SSSR count). The van der Waals surface area contributed by atoms with Crippen LogP contribution < -0.4 is 0 Å². The first-order chi connectivity index (χ1) is 18.5. The Morgan fingerprint density at radius 3 is 1.05 bits per heavy atom. The van der Waals surface area contributed by atoms with Gasteiger partial charge in [0.05, 0.1) is 24.4 Å². The quantitative estimate of drug-likeness (QED) is 0.146. The molecule has 38 heavy (non-hydrogen) atoms. The summed E-state index contributed by atoms with van der Waals surface area (Å²) < 4.78 is 46.6. The lowest BCUT2D eigenvalue weighted by Gasteiger charge is -2.30. The van der Waals surface area contributed by atoms with Crippen molar-refractivity contribution in [1.29, 1.82) is 0 Å². The van der Waals surface area contributed by atoms with Crippen molar-refractivity contribution in [3.05, 3.63) is 0 Å². The predicted molar refractivity (Wildman–Crippen MR) is 152 cm³/mol. The number of fused-ring (bicyclic) bond motifs is 2. The molecule has 10 heteroatoms. The molecule has 6 unspecified atom stereocenters. The monoisotopic (exact) mass is 576 g/mol. The van der Waals surface area contributed by atoms with Crippen molar-refractivity contribution >= 4 is 17.6 Å². The van der Waals surface area contributed by atoms with Crippen LogP contribution in [0, 0.1) is 11.8 Å². The summed E-state index contributed by atoms with van der Waals surface area (Å²) in [6.07, 6.45) is 12.1. The summed E-state index contributed by atoms with van der Waals surface area (Å²) in [5.74, 6) is 1.52. The molecule has 0 amide bonds. The number of epoxide rings is 2. The maximum atomic E-state index is 5.90. The average Bonchev–Trinajstić information content (AvgIpc) is 3.82. The summed E-state index contributed by atoms with van der Waals surface area (Å²) in [7, 11) is -4.86. The summed E-state index contributed by atoms with van der Waals surface area (Å²) in [6.45, 7) is 16.1. The Kier molecular flexibility index (Phi) is 14.2. The molecule has 0 aromatic heterocycles. The van der Waals surface area contributed by atoms with Crippen LogP contribution in [0.5, 0.6) is 0 Å². The summed E-state index contributed by atoms with van der Waals surface area (Å²) >= 11 is 0. The molecule has 0 aromatic rings. The SMILES string of the molecule is CCO[Si](CCC1CCC2OC2C1)(OCC)OCC.CCO[Si](CCC1CCC2OC2C1)(OCC)OCC. The van der Waals surface area contributed by atoms with Gasteiger partial charge in [-0.05, 0) is 105 Å². The van der Waals surface area contributed by atoms with Crippen LogP contribution in [0.3, 0.4) is 0 Å². The fourth-order valence-electron chi connectivity index (χ4n) is 6.26. The van der Waals surface area contributed by atoms with E-state index in [4.69, 9.17) is 36.0 Å². The van der Waals surface area contributed by atoms with Crippen molar-refractivity contribution in [2.45, 2.75) is 129 Å². The third-order valence-corrected chi connectivity index (χ3v) is 14.3. The lowest BCUT2D eigenvalue weighted by atomic mass is 9.88. The van der Waals surface area contributed by atoms with Crippen LogP contribution in [-0.2, 0) is 36.0 Å². The molecule has 0 radical (unpaired) electrons. The first-order valence-corrected chi connectivity index (χ1v) is 19.5. The zero-order valence-electron chi connectivity index (χ0n) is 25.0. The summed E-state index contributed by atoms with van der Waals surface area (Å²) in [5.41, 5.74) is 0. The first kappa shape index (κ1) is 32.6. The molecular weight excluding hydrogens is 520 g/mol. The highest BCUT2D eigenvalue weighted by atomic mass is 28.4. The molecule has 0 bridgehead atoms. The van der Waals surface area contributed by atoms with E-state index in [1.54, 1.807) is 0 Å². The van der Waals surface area contributed by atoms with Crippen molar-refractivity contribution in [3.63, 3.8) is 0 Å². The third-order valence-electron chi connectivity index (χ3n) is 8.13. The van der Waals surface area contributed by atoms with Gasteiger partial charge in [-0.1, -0.05) is 0 Å². The highest BCUT2D eigenvalue weighted by Gasteiger charge is 2.47. The highest BCUT2D eigenvalue weighted by Crippen LogP contribution is 2.42. The van der Waals surface area contributed by atoms with Gasteiger partial charge in [-0.2, -0.15) is 0 Å². The maximum Gasteiger partial charge on any atom is 0.500 e. The summed E-state index contributed by atoms with van der Waals surface area (Å²) in [6, 6.07) is 1.90. The maximum absolute atomic E-state index is 5.90. The molecule has 2 aliphatic carbocycles. The zero-order valence-corrected chi connectivity index (χ0v) is 27.0. The van der Waals surface area contributed by atoms with Gasteiger partial charge in [-0.25, -0.2) is 0 Å². The van der Waals surface area contributed by atoms with E-state index in [0.29, 0.717) is 64.1 Å². The van der Waals surface area contributed by atoms with E-state index in [0.717, 1.165) is 36.8 Å². The second-order valence-electron chi connectivity index (χ2n) is 10.8. The van der Waals surface area contributed by atoms with Crippen molar-refractivity contribution in [3.8, 4) is 0 Å². The molecule has 4 aliphatic rings. The predicted octanol–water partition coefficient (Wildman–Crippen LogP) is 5.98. The lowest BCUT2D eigenvalue weighted by Crippen LogP contribution is -2.46. The van der Waals surface area contributed by atoms with Gasteiger partial charge in [0.1, 0.15) is 0 Å². The van der Waals surface area contributed by atoms with E-state index in [-0.39, 0.29) is 0 Å². The Morgan fingerprint density at radius 2 is 0.789 bits per heavy atom. The molecule has 0 aromatic carbocycles. The van der Waals surface area contributed by atoms with Crippen LogP contribution in [-0.4, -0.2) is 81.7 Å². The molecule has 0 spiro atoms. The Balaban J connectivity index is 0.000000211. The van der Waals surface area contributed by atoms with E-state index < -0.39 is 17.6 Å². The Morgan fingerprint density at radius 1 is 0.474 bits per heavy atom. The molecule has 0 N–H and O–H groups in total. The zero-order chi connectivity index (χ0) is 27.4. The van der Waals surface area contributed by atoms with Crippen molar-refractivity contribution in [2.24, 2.45) is 11.8 Å². The smallest absolute Gasteiger partial charge is 0.374 e. The average molecular weight is 577 g/mol. The van der Waals surface area contributed by atoms with Gasteiger partial charge >= 0.3 is 17.6 Å². The van der Waals surface area contributed by atoms with E-state index in [1.165, 1.54) is 38.5 Å². The largest absolute Gasteiger partial charge is 0.500 e. The first-order valence-electron chi connectivity index (χ1n) is 15.6. The van der Waals surface area contributed by atoms with Crippen LogP contribution in [0.1, 0.15) is 92.9 Å².